The van der Waals surface area contributed by atoms with Crippen LogP contribution in [0.3, 0.4) is 0 Å². The van der Waals surface area contributed by atoms with E-state index < -0.39 is 11.9 Å². The average molecular weight is 569 g/mol. The maximum atomic E-state index is 13.4. The van der Waals surface area contributed by atoms with Crippen LogP contribution in [0.25, 0.3) is 5.52 Å². The van der Waals surface area contributed by atoms with Gasteiger partial charge in [0.05, 0.1) is 24.0 Å². The summed E-state index contributed by atoms with van der Waals surface area (Å²) in [4.78, 5) is 24.3. The van der Waals surface area contributed by atoms with Crippen molar-refractivity contribution in [3.8, 4) is 5.88 Å². The Morgan fingerprint density at radius 1 is 1.00 bits per heavy atom. The Hall–Kier alpha value is -4.22. The molecule has 9 nitrogen and oxygen atoms in total. The highest BCUT2D eigenvalue weighted by molar-refractivity contribution is 6.10. The van der Waals surface area contributed by atoms with Crippen molar-refractivity contribution in [2.24, 2.45) is 22.0 Å². The molecule has 0 aliphatic carbocycles. The van der Waals surface area contributed by atoms with E-state index in [1.807, 2.05) is 38.1 Å². The highest BCUT2D eigenvalue weighted by atomic mass is 19.4. The molecule has 1 aromatic carbocycles. The van der Waals surface area contributed by atoms with Crippen LogP contribution in [0, 0.1) is 11.8 Å². The normalized spacial score (nSPS) is 19.7. The van der Waals surface area contributed by atoms with Crippen molar-refractivity contribution in [3.05, 3.63) is 64.8 Å². The van der Waals surface area contributed by atoms with Crippen molar-refractivity contribution in [2.45, 2.75) is 52.1 Å². The van der Waals surface area contributed by atoms with Crippen LogP contribution in [0.4, 0.5) is 13.2 Å². The Labute approximate surface area is 235 Å². The maximum absolute atomic E-state index is 13.4. The number of hydrogen-bond donors (Lipinski definition) is 1. The van der Waals surface area contributed by atoms with Gasteiger partial charge in [0, 0.05) is 42.9 Å². The number of aryl methyl sites for hydroxylation is 1. The Bertz CT molecular complexity index is 1530. The molecule has 1 N–H and O–H groups in total. The summed E-state index contributed by atoms with van der Waals surface area (Å²) in [6, 6.07) is 12.3. The predicted molar refractivity (Wildman–Crippen MR) is 147 cm³/mol. The van der Waals surface area contributed by atoms with Gasteiger partial charge in [0.2, 0.25) is 17.7 Å². The number of alkyl halides is 3. The van der Waals surface area contributed by atoms with Crippen LogP contribution >= 0.6 is 0 Å². The molecule has 2 unspecified atom stereocenters. The third-order valence-electron chi connectivity index (χ3n) is 7.42. The highest BCUT2D eigenvalue weighted by Gasteiger charge is 2.36. The van der Waals surface area contributed by atoms with Crippen LogP contribution in [0.15, 0.2) is 52.7 Å². The number of carbonyl (C=O) groups excluding carboxylic acids is 2. The van der Waals surface area contributed by atoms with Crippen LogP contribution in [0.1, 0.15) is 61.9 Å². The van der Waals surface area contributed by atoms with Crippen LogP contribution in [-0.2, 0) is 22.2 Å². The van der Waals surface area contributed by atoms with E-state index in [2.05, 4.69) is 20.7 Å². The van der Waals surface area contributed by atoms with E-state index in [0.29, 0.717) is 30.7 Å². The van der Waals surface area contributed by atoms with Crippen LogP contribution in [0.5, 0.6) is 5.88 Å². The van der Waals surface area contributed by atoms with Crippen LogP contribution < -0.4 is 10.2 Å². The highest BCUT2D eigenvalue weighted by Crippen LogP contribution is 2.33. The summed E-state index contributed by atoms with van der Waals surface area (Å²) < 4.78 is 46.6. The standard InChI is InChI=1S/C29H31F3N6O3/c1-17-14-24(39)33-34-27(17)20-9-7-19(8-10-20)6-4-5-13-37-25(40)15-18(2)28(36-37)21-11-12-26(41-3)38-22(21)16-23(35-38)29(30,31)32/h7-12,16-18H,4-6,13-15H2,1-3H3,(H,33,39). The lowest BCUT2D eigenvalue weighted by atomic mass is 9.93. The molecule has 0 fully saturated rings. The SMILES string of the molecule is COc1ccc(C2=NN(CCCCc3ccc(C4=NNC(=O)CC4C)cc3)C(=O)CC2C)c2cc(C(F)(F)F)nn12. The summed E-state index contributed by atoms with van der Waals surface area (Å²) in [7, 11) is 1.37. The predicted octanol–water partition coefficient (Wildman–Crippen LogP) is 4.82. The van der Waals surface area contributed by atoms with E-state index in [1.165, 1.54) is 12.1 Å². The molecule has 41 heavy (non-hydrogen) atoms. The number of hydrazone groups is 2. The van der Waals surface area contributed by atoms with Gasteiger partial charge < -0.3 is 4.74 Å². The number of benzene rings is 1. The number of ether oxygens (including phenoxy) is 1. The monoisotopic (exact) mass is 568 g/mol. The molecule has 12 heteroatoms. The zero-order valence-corrected chi connectivity index (χ0v) is 23.0. The summed E-state index contributed by atoms with van der Waals surface area (Å²) in [5.74, 6) is -0.250. The largest absolute Gasteiger partial charge is 0.481 e. The third-order valence-corrected chi connectivity index (χ3v) is 7.42. The fourth-order valence-electron chi connectivity index (χ4n) is 5.24. The average Bonchev–Trinajstić information content (AvgIpc) is 3.39. The Kier molecular flexibility index (Phi) is 7.83. The van der Waals surface area contributed by atoms with Crippen LogP contribution in [0.2, 0.25) is 0 Å². The van der Waals surface area contributed by atoms with Crippen LogP contribution in [-0.4, -0.2) is 51.5 Å². The number of halogens is 3. The number of unbranched alkanes of at least 4 members (excludes halogenated alkanes) is 1. The first-order valence-corrected chi connectivity index (χ1v) is 13.5. The van der Waals surface area contributed by atoms with Crippen molar-refractivity contribution in [1.82, 2.24) is 20.0 Å². The van der Waals surface area contributed by atoms with Gasteiger partial charge in [-0.15, -0.1) is 0 Å². The molecule has 0 saturated carbocycles. The van der Waals surface area contributed by atoms with Crippen molar-refractivity contribution >= 4 is 28.8 Å². The molecule has 2 amide bonds. The van der Waals surface area contributed by atoms with E-state index in [9.17, 15) is 22.8 Å². The lowest BCUT2D eigenvalue weighted by Crippen LogP contribution is -2.37. The molecule has 0 saturated heterocycles. The van der Waals surface area contributed by atoms with Gasteiger partial charge >= 0.3 is 6.18 Å². The number of methoxy groups -OCH3 is 1. The summed E-state index contributed by atoms with van der Waals surface area (Å²) in [6.45, 7) is 4.22. The number of nitrogens with zero attached hydrogens (tertiary/aromatic N) is 5. The van der Waals surface area contributed by atoms with Gasteiger partial charge in [-0.25, -0.2) is 10.4 Å². The second-order valence-corrected chi connectivity index (χ2v) is 10.5. The summed E-state index contributed by atoms with van der Waals surface area (Å²) in [6.07, 6.45) is -1.65. The van der Waals surface area contributed by atoms with Gasteiger partial charge in [0.1, 0.15) is 0 Å². The van der Waals surface area contributed by atoms with Gasteiger partial charge in [0.15, 0.2) is 5.69 Å². The molecule has 5 rings (SSSR count). The summed E-state index contributed by atoms with van der Waals surface area (Å²) in [5, 5.41) is 13.9. The molecule has 2 atom stereocenters. The minimum Gasteiger partial charge on any atom is -0.481 e. The molecular formula is C29H31F3N6O3. The summed E-state index contributed by atoms with van der Waals surface area (Å²) >= 11 is 0. The topological polar surface area (TPSA) is 101 Å². The van der Waals surface area contributed by atoms with Crippen molar-refractivity contribution in [3.63, 3.8) is 0 Å². The first kappa shape index (κ1) is 28.3. The van der Waals surface area contributed by atoms with Gasteiger partial charge in [-0.3, -0.25) is 9.59 Å². The molecule has 4 heterocycles. The number of amides is 2. The van der Waals surface area contributed by atoms with E-state index in [1.54, 1.807) is 12.1 Å². The lowest BCUT2D eigenvalue weighted by molar-refractivity contribution is -0.141. The second kappa shape index (κ2) is 11.3. The first-order valence-electron chi connectivity index (χ1n) is 13.5. The Morgan fingerprint density at radius 2 is 1.73 bits per heavy atom. The number of carbonyl (C=O) groups is 2. The fourth-order valence-corrected chi connectivity index (χ4v) is 5.24. The molecular weight excluding hydrogens is 537 g/mol. The Morgan fingerprint density at radius 3 is 2.41 bits per heavy atom. The zero-order valence-electron chi connectivity index (χ0n) is 23.0. The molecule has 2 aromatic heterocycles. The molecule has 216 valence electrons. The number of rotatable bonds is 8. The molecule has 0 radical (unpaired) electrons. The van der Waals surface area contributed by atoms with Gasteiger partial charge in [-0.2, -0.15) is 33.0 Å². The minimum absolute atomic E-state index is 0.0551. The molecule has 2 aliphatic rings. The van der Waals surface area contributed by atoms with Crippen molar-refractivity contribution in [2.75, 3.05) is 13.7 Å². The number of nitrogens with one attached hydrogen (secondary N) is 1. The third kappa shape index (κ3) is 5.96. The maximum Gasteiger partial charge on any atom is 0.435 e. The van der Waals surface area contributed by atoms with Crippen molar-refractivity contribution < 1.29 is 27.5 Å². The van der Waals surface area contributed by atoms with Gasteiger partial charge in [-0.05, 0) is 42.5 Å². The number of pyridine rings is 1. The molecule has 2 aliphatic heterocycles. The van der Waals surface area contributed by atoms with E-state index in [0.717, 1.165) is 40.3 Å². The molecule has 3 aromatic rings. The Balaban J connectivity index is 1.27. The van der Waals surface area contributed by atoms with E-state index in [4.69, 9.17) is 4.74 Å². The van der Waals surface area contributed by atoms with Crippen molar-refractivity contribution in [1.29, 1.82) is 0 Å². The number of hydrogen-bond acceptors (Lipinski definition) is 6. The smallest absolute Gasteiger partial charge is 0.435 e. The quantitative estimate of drug-likeness (QED) is 0.394. The van der Waals surface area contributed by atoms with Gasteiger partial charge in [-0.1, -0.05) is 38.1 Å². The fraction of sp³-hybridized carbons (Fsp3) is 0.414. The lowest BCUT2D eigenvalue weighted by Gasteiger charge is -2.28. The summed E-state index contributed by atoms with van der Waals surface area (Å²) in [5.41, 5.74) is 5.74. The first-order chi connectivity index (χ1) is 19.5. The number of fused-ring (bicyclic) bond motifs is 1. The molecule has 0 bridgehead atoms. The second-order valence-electron chi connectivity index (χ2n) is 10.5. The minimum atomic E-state index is -4.61. The van der Waals surface area contributed by atoms with Gasteiger partial charge in [0.25, 0.3) is 0 Å². The number of aromatic nitrogens is 2. The van der Waals surface area contributed by atoms with E-state index in [-0.39, 0.29) is 41.5 Å². The molecule has 0 spiro atoms. The zero-order chi connectivity index (χ0) is 29.3. The van der Waals surface area contributed by atoms with E-state index >= 15 is 0 Å².